The van der Waals surface area contributed by atoms with Gasteiger partial charge in [-0.05, 0) is 68.7 Å². The molecule has 0 amide bonds. The molecule has 0 saturated heterocycles. The molecule has 0 fully saturated rings. The molecule has 1 heteroatoms. The molecule has 0 aliphatic carbocycles. The minimum Gasteiger partial charge on any atom is -0.313 e. The highest BCUT2D eigenvalue weighted by Crippen LogP contribution is 2.33. The Hall–Kier alpha value is -0.820. The van der Waals surface area contributed by atoms with Gasteiger partial charge in [-0.15, -0.1) is 0 Å². The SMILES string of the molecule is CNC(CC(C)CC(C)(C)C)c1c(C)cc(C)cc1C. The fourth-order valence-corrected chi connectivity index (χ4v) is 3.65. The summed E-state index contributed by atoms with van der Waals surface area (Å²) in [6, 6.07) is 5.08. The van der Waals surface area contributed by atoms with E-state index in [1.54, 1.807) is 0 Å². The van der Waals surface area contributed by atoms with Gasteiger partial charge in [0, 0.05) is 6.04 Å². The van der Waals surface area contributed by atoms with E-state index in [4.69, 9.17) is 0 Å². The van der Waals surface area contributed by atoms with Crippen molar-refractivity contribution in [2.45, 2.75) is 67.3 Å². The molecule has 0 spiro atoms. The van der Waals surface area contributed by atoms with Gasteiger partial charge in [0.25, 0.3) is 0 Å². The Labute approximate surface area is 126 Å². The van der Waals surface area contributed by atoms with Gasteiger partial charge in [0.2, 0.25) is 0 Å². The molecule has 114 valence electrons. The first-order valence-electron chi connectivity index (χ1n) is 7.89. The molecule has 20 heavy (non-hydrogen) atoms. The van der Waals surface area contributed by atoms with Gasteiger partial charge in [-0.2, -0.15) is 0 Å². The number of hydrogen-bond acceptors (Lipinski definition) is 1. The average molecular weight is 275 g/mol. The molecule has 0 saturated carbocycles. The maximum atomic E-state index is 3.54. The van der Waals surface area contributed by atoms with Crippen molar-refractivity contribution in [2.24, 2.45) is 11.3 Å². The predicted molar refractivity (Wildman–Crippen MR) is 90.3 cm³/mol. The number of hydrogen-bond donors (Lipinski definition) is 1. The highest BCUT2D eigenvalue weighted by Gasteiger charge is 2.21. The molecule has 0 bridgehead atoms. The summed E-state index contributed by atoms with van der Waals surface area (Å²) in [6.07, 6.45) is 2.48. The van der Waals surface area contributed by atoms with Crippen LogP contribution in [0.4, 0.5) is 0 Å². The molecule has 0 aliphatic heterocycles. The molecule has 1 aromatic rings. The van der Waals surface area contributed by atoms with E-state index >= 15 is 0 Å². The van der Waals surface area contributed by atoms with E-state index in [0.717, 1.165) is 5.92 Å². The summed E-state index contributed by atoms with van der Waals surface area (Å²) >= 11 is 0. The third-order valence-corrected chi connectivity index (χ3v) is 4.03. The van der Waals surface area contributed by atoms with E-state index in [1.807, 2.05) is 0 Å². The fourth-order valence-electron chi connectivity index (χ4n) is 3.65. The molecule has 0 radical (unpaired) electrons. The van der Waals surface area contributed by atoms with E-state index < -0.39 is 0 Å². The van der Waals surface area contributed by atoms with Gasteiger partial charge in [0.05, 0.1) is 0 Å². The summed E-state index contributed by atoms with van der Waals surface area (Å²) in [5.74, 6) is 0.729. The first-order valence-corrected chi connectivity index (χ1v) is 7.89. The number of benzene rings is 1. The van der Waals surface area contributed by atoms with Crippen molar-refractivity contribution in [3.63, 3.8) is 0 Å². The summed E-state index contributed by atoms with van der Waals surface area (Å²) < 4.78 is 0. The molecular weight excluding hydrogens is 242 g/mol. The highest BCUT2D eigenvalue weighted by atomic mass is 14.9. The van der Waals surface area contributed by atoms with E-state index in [1.165, 1.54) is 35.1 Å². The van der Waals surface area contributed by atoms with Crippen molar-refractivity contribution in [1.29, 1.82) is 0 Å². The number of aryl methyl sites for hydroxylation is 3. The van der Waals surface area contributed by atoms with Crippen LogP contribution in [0.3, 0.4) is 0 Å². The quantitative estimate of drug-likeness (QED) is 0.765. The maximum absolute atomic E-state index is 3.54. The van der Waals surface area contributed by atoms with Crippen LogP contribution >= 0.6 is 0 Å². The van der Waals surface area contributed by atoms with Crippen molar-refractivity contribution in [3.8, 4) is 0 Å². The fraction of sp³-hybridized carbons (Fsp3) is 0.684. The standard InChI is InChI=1S/C19H33N/c1-13-9-15(3)18(16(4)10-13)17(20-8)11-14(2)12-19(5,6)7/h9-10,14,17,20H,11-12H2,1-8H3. The summed E-state index contributed by atoms with van der Waals surface area (Å²) in [7, 11) is 2.09. The minimum absolute atomic E-state index is 0.412. The molecule has 0 aliphatic rings. The first-order chi connectivity index (χ1) is 9.14. The van der Waals surface area contributed by atoms with Gasteiger partial charge in [-0.25, -0.2) is 0 Å². The molecule has 0 heterocycles. The summed E-state index contributed by atoms with van der Waals surface area (Å²) in [6.45, 7) is 16.1. The van der Waals surface area contributed by atoms with Gasteiger partial charge in [-0.3, -0.25) is 0 Å². The van der Waals surface area contributed by atoms with Gasteiger partial charge in [0.15, 0.2) is 0 Å². The van der Waals surface area contributed by atoms with Crippen LogP contribution in [0.25, 0.3) is 0 Å². The van der Waals surface area contributed by atoms with Gasteiger partial charge in [0.1, 0.15) is 0 Å². The molecule has 0 aromatic heterocycles. The van der Waals surface area contributed by atoms with Crippen molar-refractivity contribution in [2.75, 3.05) is 7.05 Å². The third-order valence-electron chi connectivity index (χ3n) is 4.03. The van der Waals surface area contributed by atoms with Crippen LogP contribution in [0.2, 0.25) is 0 Å². The summed E-state index contributed by atoms with van der Waals surface area (Å²) in [5, 5.41) is 3.54. The minimum atomic E-state index is 0.412. The van der Waals surface area contributed by atoms with Gasteiger partial charge in [-0.1, -0.05) is 45.4 Å². The molecule has 2 atom stereocenters. The van der Waals surface area contributed by atoms with Gasteiger partial charge < -0.3 is 5.32 Å². The lowest BCUT2D eigenvalue weighted by molar-refractivity contribution is 0.278. The van der Waals surface area contributed by atoms with Crippen LogP contribution in [0.1, 0.15) is 68.8 Å². The lowest BCUT2D eigenvalue weighted by Gasteiger charge is -2.28. The molecule has 1 nitrogen and oxygen atoms in total. The Kier molecular flexibility index (Phi) is 5.82. The van der Waals surface area contributed by atoms with Crippen LogP contribution in [0.15, 0.2) is 12.1 Å². The van der Waals surface area contributed by atoms with E-state index in [0.29, 0.717) is 11.5 Å². The predicted octanol–water partition coefficient (Wildman–Crippen LogP) is 5.33. The monoisotopic (exact) mass is 275 g/mol. The van der Waals surface area contributed by atoms with E-state index in [9.17, 15) is 0 Å². The molecule has 2 unspecified atom stereocenters. The van der Waals surface area contributed by atoms with Crippen LogP contribution in [-0.4, -0.2) is 7.05 Å². The topological polar surface area (TPSA) is 12.0 Å². The smallest absolute Gasteiger partial charge is 0.0325 e. The number of rotatable bonds is 5. The Morgan fingerprint density at radius 1 is 1.05 bits per heavy atom. The van der Waals surface area contributed by atoms with Crippen molar-refractivity contribution >= 4 is 0 Å². The van der Waals surface area contributed by atoms with Crippen molar-refractivity contribution < 1.29 is 0 Å². The largest absolute Gasteiger partial charge is 0.313 e. The second-order valence-electron chi connectivity index (χ2n) is 7.76. The highest BCUT2D eigenvalue weighted by molar-refractivity contribution is 5.39. The maximum Gasteiger partial charge on any atom is 0.0325 e. The molecular formula is C19H33N. The lowest BCUT2D eigenvalue weighted by atomic mass is 9.81. The molecule has 1 aromatic carbocycles. The Bertz CT molecular complexity index is 417. The Morgan fingerprint density at radius 3 is 1.95 bits per heavy atom. The second kappa shape index (κ2) is 6.76. The van der Waals surface area contributed by atoms with Crippen LogP contribution in [0, 0.1) is 32.1 Å². The summed E-state index contributed by atoms with van der Waals surface area (Å²) in [4.78, 5) is 0. The Balaban J connectivity index is 2.92. The van der Waals surface area contributed by atoms with Crippen molar-refractivity contribution in [1.82, 2.24) is 5.32 Å². The number of nitrogens with one attached hydrogen (secondary N) is 1. The zero-order chi connectivity index (χ0) is 15.5. The zero-order valence-corrected chi connectivity index (χ0v) is 14.7. The van der Waals surface area contributed by atoms with E-state index in [2.05, 4.69) is 73.0 Å². The Morgan fingerprint density at radius 2 is 1.55 bits per heavy atom. The molecule has 1 rings (SSSR count). The van der Waals surface area contributed by atoms with Crippen molar-refractivity contribution in [3.05, 3.63) is 34.4 Å². The van der Waals surface area contributed by atoms with Gasteiger partial charge >= 0.3 is 0 Å². The summed E-state index contributed by atoms with van der Waals surface area (Å²) in [5.41, 5.74) is 6.12. The third kappa shape index (κ3) is 4.94. The van der Waals surface area contributed by atoms with Crippen LogP contribution in [0.5, 0.6) is 0 Å². The normalized spacial score (nSPS) is 15.2. The molecule has 1 N–H and O–H groups in total. The van der Waals surface area contributed by atoms with Crippen LogP contribution in [-0.2, 0) is 0 Å². The second-order valence-corrected chi connectivity index (χ2v) is 7.76. The first kappa shape index (κ1) is 17.2. The van der Waals surface area contributed by atoms with E-state index in [-0.39, 0.29) is 0 Å². The zero-order valence-electron chi connectivity index (χ0n) is 14.7. The van der Waals surface area contributed by atoms with Crippen LogP contribution < -0.4 is 5.32 Å². The lowest BCUT2D eigenvalue weighted by Crippen LogP contribution is -2.23. The average Bonchev–Trinajstić information content (AvgIpc) is 2.23.